The number of aryl methyl sites for hydroxylation is 1. The summed E-state index contributed by atoms with van der Waals surface area (Å²) in [6.45, 7) is 5.63. The van der Waals surface area contributed by atoms with Crippen molar-refractivity contribution in [2.75, 3.05) is 0 Å². The van der Waals surface area contributed by atoms with E-state index in [0.717, 1.165) is 37.7 Å². The highest BCUT2D eigenvalue weighted by atomic mass is 16.5. The molecule has 0 aliphatic heterocycles. The standard InChI is InChI=1S/C22H30N2O3/c1-13-5-4-6-17(7-13)27-21(2,3)20(26)24-18-15-8-14-9-16(18)12-22(10-14,11-15)19(23)25/h4-7,14-16,18H,8-12H2,1-3H3,(H2,23,25)(H,24,26). The molecule has 2 amide bonds. The van der Waals surface area contributed by atoms with Crippen LogP contribution in [0.5, 0.6) is 5.75 Å². The number of hydrogen-bond donors (Lipinski definition) is 2. The Kier molecular flexibility index (Phi) is 4.24. The van der Waals surface area contributed by atoms with Gasteiger partial charge >= 0.3 is 0 Å². The Morgan fingerprint density at radius 3 is 2.44 bits per heavy atom. The lowest BCUT2D eigenvalue weighted by atomic mass is 9.47. The zero-order valence-electron chi connectivity index (χ0n) is 16.5. The second-order valence-corrected chi connectivity index (χ2v) is 9.54. The molecule has 1 aromatic carbocycles. The van der Waals surface area contributed by atoms with Crippen molar-refractivity contribution in [2.45, 2.75) is 64.5 Å². The molecule has 2 atom stereocenters. The number of ether oxygens (including phenoxy) is 1. The minimum Gasteiger partial charge on any atom is -0.478 e. The van der Waals surface area contributed by atoms with Gasteiger partial charge in [-0.25, -0.2) is 0 Å². The minimum atomic E-state index is -0.955. The second-order valence-electron chi connectivity index (χ2n) is 9.54. The summed E-state index contributed by atoms with van der Waals surface area (Å²) < 4.78 is 6.01. The zero-order chi connectivity index (χ0) is 19.4. The van der Waals surface area contributed by atoms with Gasteiger partial charge in [-0.3, -0.25) is 9.59 Å². The van der Waals surface area contributed by atoms with Crippen molar-refractivity contribution in [1.82, 2.24) is 5.32 Å². The summed E-state index contributed by atoms with van der Waals surface area (Å²) in [5.41, 5.74) is 5.58. The maximum absolute atomic E-state index is 13.0. The van der Waals surface area contributed by atoms with E-state index in [-0.39, 0.29) is 23.3 Å². The van der Waals surface area contributed by atoms with Crippen LogP contribution in [0.4, 0.5) is 0 Å². The molecule has 5 nitrogen and oxygen atoms in total. The summed E-state index contributed by atoms with van der Waals surface area (Å²) in [5, 5.41) is 3.28. The van der Waals surface area contributed by atoms with E-state index in [1.807, 2.05) is 45.0 Å². The van der Waals surface area contributed by atoms with E-state index in [1.54, 1.807) is 0 Å². The molecule has 4 fully saturated rings. The molecule has 4 bridgehead atoms. The van der Waals surface area contributed by atoms with E-state index in [9.17, 15) is 9.59 Å². The third kappa shape index (κ3) is 3.21. The first-order chi connectivity index (χ1) is 12.7. The number of carbonyl (C=O) groups is 2. The average molecular weight is 370 g/mol. The molecular formula is C22H30N2O3. The van der Waals surface area contributed by atoms with Gasteiger partial charge in [0.1, 0.15) is 5.75 Å². The van der Waals surface area contributed by atoms with E-state index < -0.39 is 5.60 Å². The molecule has 4 aliphatic rings. The molecule has 5 rings (SSSR count). The zero-order valence-corrected chi connectivity index (χ0v) is 16.5. The van der Waals surface area contributed by atoms with Crippen LogP contribution in [0.1, 0.15) is 51.5 Å². The highest BCUT2D eigenvalue weighted by Crippen LogP contribution is 2.59. The third-order valence-electron chi connectivity index (χ3n) is 7.00. The van der Waals surface area contributed by atoms with Crippen LogP contribution in [-0.2, 0) is 9.59 Å². The third-order valence-corrected chi connectivity index (χ3v) is 7.00. The van der Waals surface area contributed by atoms with Crippen LogP contribution in [0.15, 0.2) is 24.3 Å². The molecule has 0 saturated heterocycles. The van der Waals surface area contributed by atoms with Gasteiger partial charge in [0, 0.05) is 11.5 Å². The Morgan fingerprint density at radius 2 is 1.85 bits per heavy atom. The first-order valence-corrected chi connectivity index (χ1v) is 10.1. The molecule has 3 N–H and O–H groups in total. The largest absolute Gasteiger partial charge is 0.478 e. The Balaban J connectivity index is 1.46. The second kappa shape index (κ2) is 6.25. The van der Waals surface area contributed by atoms with E-state index in [4.69, 9.17) is 10.5 Å². The molecule has 0 spiro atoms. The highest BCUT2D eigenvalue weighted by Gasteiger charge is 2.58. The van der Waals surface area contributed by atoms with Crippen molar-refractivity contribution in [3.05, 3.63) is 29.8 Å². The van der Waals surface area contributed by atoms with Crippen LogP contribution < -0.4 is 15.8 Å². The number of nitrogens with two attached hydrogens (primary N) is 1. The first kappa shape index (κ1) is 18.3. The molecule has 0 radical (unpaired) electrons. The van der Waals surface area contributed by atoms with Crippen molar-refractivity contribution in [1.29, 1.82) is 0 Å². The van der Waals surface area contributed by atoms with Crippen LogP contribution in [0.2, 0.25) is 0 Å². The van der Waals surface area contributed by atoms with Gasteiger partial charge in [-0.2, -0.15) is 0 Å². The Hall–Kier alpha value is -2.04. The van der Waals surface area contributed by atoms with Gasteiger partial charge in [-0.15, -0.1) is 0 Å². The normalized spacial score (nSPS) is 34.3. The predicted molar refractivity (Wildman–Crippen MR) is 103 cm³/mol. The predicted octanol–water partition coefficient (Wildman–Crippen LogP) is 2.95. The van der Waals surface area contributed by atoms with Gasteiger partial charge in [0.15, 0.2) is 5.60 Å². The molecule has 4 aliphatic carbocycles. The molecular weight excluding hydrogens is 340 g/mol. The molecule has 5 heteroatoms. The fourth-order valence-corrected chi connectivity index (χ4v) is 5.91. The lowest BCUT2D eigenvalue weighted by Crippen LogP contribution is -2.63. The summed E-state index contributed by atoms with van der Waals surface area (Å²) in [6, 6.07) is 7.88. The summed E-state index contributed by atoms with van der Waals surface area (Å²) in [4.78, 5) is 25.1. The van der Waals surface area contributed by atoms with E-state index in [1.165, 1.54) is 0 Å². The highest BCUT2D eigenvalue weighted by molar-refractivity contribution is 5.85. The van der Waals surface area contributed by atoms with Gasteiger partial charge < -0.3 is 15.8 Å². The lowest BCUT2D eigenvalue weighted by Gasteiger charge is -2.59. The smallest absolute Gasteiger partial charge is 0.263 e. The summed E-state index contributed by atoms with van der Waals surface area (Å²) in [7, 11) is 0. The van der Waals surface area contributed by atoms with Crippen LogP contribution in [0.25, 0.3) is 0 Å². The van der Waals surface area contributed by atoms with Crippen LogP contribution >= 0.6 is 0 Å². The molecule has 146 valence electrons. The topological polar surface area (TPSA) is 81.4 Å². The van der Waals surface area contributed by atoms with Gasteiger partial charge in [0.05, 0.1) is 0 Å². The Labute approximate surface area is 161 Å². The van der Waals surface area contributed by atoms with Gasteiger partial charge in [-0.1, -0.05) is 12.1 Å². The molecule has 27 heavy (non-hydrogen) atoms. The number of carbonyl (C=O) groups excluding carboxylic acids is 2. The van der Waals surface area contributed by atoms with Gasteiger partial charge in [-0.05, 0) is 88.3 Å². The van der Waals surface area contributed by atoms with Gasteiger partial charge in [0.25, 0.3) is 5.91 Å². The summed E-state index contributed by atoms with van der Waals surface area (Å²) in [6.07, 6.45) is 4.77. The Bertz CT molecular complexity index is 757. The first-order valence-electron chi connectivity index (χ1n) is 10.1. The number of rotatable bonds is 5. The number of hydrogen-bond acceptors (Lipinski definition) is 3. The molecule has 1 aromatic rings. The SMILES string of the molecule is Cc1cccc(OC(C)(C)C(=O)NC2C3CC4CC2CC(C(N)=O)(C4)C3)c1. The van der Waals surface area contributed by atoms with E-state index in [0.29, 0.717) is 23.5 Å². The van der Waals surface area contributed by atoms with Gasteiger partial charge in [0.2, 0.25) is 5.91 Å². The van der Waals surface area contributed by atoms with Crippen LogP contribution in [0.3, 0.4) is 0 Å². The summed E-state index contributed by atoms with van der Waals surface area (Å²) in [5.74, 6) is 1.75. The van der Waals surface area contributed by atoms with Crippen LogP contribution in [-0.4, -0.2) is 23.5 Å². The van der Waals surface area contributed by atoms with Crippen molar-refractivity contribution in [3.8, 4) is 5.75 Å². The lowest BCUT2D eigenvalue weighted by molar-refractivity contribution is -0.150. The molecule has 0 aromatic heterocycles. The average Bonchev–Trinajstić information content (AvgIpc) is 2.56. The van der Waals surface area contributed by atoms with Crippen molar-refractivity contribution >= 4 is 11.8 Å². The number of benzene rings is 1. The van der Waals surface area contributed by atoms with Crippen molar-refractivity contribution < 1.29 is 14.3 Å². The quantitative estimate of drug-likeness (QED) is 0.836. The molecule has 4 saturated carbocycles. The number of nitrogens with one attached hydrogen (secondary N) is 1. The molecule has 0 heterocycles. The monoisotopic (exact) mass is 370 g/mol. The van der Waals surface area contributed by atoms with E-state index in [2.05, 4.69) is 5.32 Å². The number of amides is 2. The Morgan fingerprint density at radius 1 is 1.19 bits per heavy atom. The van der Waals surface area contributed by atoms with Crippen LogP contribution in [0, 0.1) is 30.1 Å². The molecule has 2 unspecified atom stereocenters. The maximum Gasteiger partial charge on any atom is 0.263 e. The maximum atomic E-state index is 13.0. The fraction of sp³-hybridized carbons (Fsp3) is 0.636. The number of primary amides is 1. The summed E-state index contributed by atoms with van der Waals surface area (Å²) >= 11 is 0. The van der Waals surface area contributed by atoms with Crippen molar-refractivity contribution in [3.63, 3.8) is 0 Å². The fourth-order valence-electron chi connectivity index (χ4n) is 5.91. The van der Waals surface area contributed by atoms with Crippen molar-refractivity contribution in [2.24, 2.45) is 28.9 Å². The van der Waals surface area contributed by atoms with E-state index >= 15 is 0 Å². The minimum absolute atomic E-state index is 0.0883.